The second-order valence-corrected chi connectivity index (χ2v) is 13.6. The number of benzene rings is 8. The summed E-state index contributed by atoms with van der Waals surface area (Å²) in [5, 5.41) is 16.6. The molecule has 232 valence electrons. The normalized spacial score (nSPS) is 14.9. The number of nitrogens with zero attached hydrogens (tertiary/aromatic N) is 3. The van der Waals surface area contributed by atoms with Crippen LogP contribution in [0.4, 0.5) is 5.69 Å². The minimum atomic E-state index is -0.0282. The van der Waals surface area contributed by atoms with E-state index in [0.29, 0.717) is 0 Å². The summed E-state index contributed by atoms with van der Waals surface area (Å²) in [5.74, 6) is 0.829. The average Bonchev–Trinajstić information content (AvgIpc) is 3.63. The quantitative estimate of drug-likeness (QED) is 0.179. The van der Waals surface area contributed by atoms with Crippen molar-refractivity contribution in [2.24, 2.45) is 4.99 Å². The van der Waals surface area contributed by atoms with E-state index in [-0.39, 0.29) is 6.04 Å². The summed E-state index contributed by atoms with van der Waals surface area (Å²) in [4.78, 5) is 5.32. The van der Waals surface area contributed by atoms with Gasteiger partial charge < -0.3 is 9.72 Å². The number of aliphatic imine (C=N–C) groups is 1. The van der Waals surface area contributed by atoms with E-state index < -0.39 is 0 Å². The topological polar surface area (TPSA) is 33.7 Å². The SMILES string of the molecule is c1ccc(C2NC(n3c4ccccc4c4cc5c6ccc7ccc8cccc9c%10ccccc%10n(c5cc43)c6c7c89)=Nc3ccccc32)cc1. The Labute approximate surface area is 286 Å². The Hall–Kier alpha value is -6.65. The Bertz CT molecular complexity index is 3240. The van der Waals surface area contributed by atoms with Crippen LogP contribution in [0.5, 0.6) is 0 Å². The van der Waals surface area contributed by atoms with Crippen LogP contribution >= 0.6 is 0 Å². The second kappa shape index (κ2) is 9.49. The average molecular weight is 637 g/mol. The molecule has 8 aromatic carbocycles. The highest BCUT2D eigenvalue weighted by Gasteiger charge is 2.27. The van der Waals surface area contributed by atoms with Crippen LogP contribution in [-0.4, -0.2) is 14.9 Å². The fraction of sp³-hybridized carbons (Fsp3) is 0.0217. The van der Waals surface area contributed by atoms with Gasteiger partial charge in [-0.2, -0.15) is 0 Å². The van der Waals surface area contributed by atoms with Gasteiger partial charge in [0.15, 0.2) is 0 Å². The zero-order valence-electron chi connectivity index (χ0n) is 26.9. The largest absolute Gasteiger partial charge is 0.344 e. The summed E-state index contributed by atoms with van der Waals surface area (Å²) >= 11 is 0. The van der Waals surface area contributed by atoms with E-state index in [1.807, 2.05) is 0 Å². The van der Waals surface area contributed by atoms with Crippen molar-refractivity contribution in [3.05, 3.63) is 169 Å². The molecule has 0 saturated heterocycles. The van der Waals surface area contributed by atoms with Crippen molar-refractivity contribution in [1.29, 1.82) is 0 Å². The Morgan fingerprint density at radius 1 is 0.460 bits per heavy atom. The summed E-state index contributed by atoms with van der Waals surface area (Å²) in [5.41, 5.74) is 9.31. The number of hydrogen-bond acceptors (Lipinski definition) is 2. The van der Waals surface area contributed by atoms with E-state index in [9.17, 15) is 0 Å². The molecule has 1 aliphatic rings. The first-order chi connectivity index (χ1) is 24.8. The zero-order chi connectivity index (χ0) is 32.5. The Kier molecular flexibility index (Phi) is 5.00. The maximum absolute atomic E-state index is 5.32. The van der Waals surface area contributed by atoms with Gasteiger partial charge in [0.25, 0.3) is 0 Å². The smallest absolute Gasteiger partial charge is 0.209 e. The van der Waals surface area contributed by atoms with E-state index in [1.165, 1.54) is 81.5 Å². The van der Waals surface area contributed by atoms with Crippen molar-refractivity contribution in [2.75, 3.05) is 0 Å². The predicted octanol–water partition coefficient (Wildman–Crippen LogP) is 11.5. The number of fused-ring (bicyclic) bond motifs is 10. The zero-order valence-corrected chi connectivity index (χ0v) is 26.9. The van der Waals surface area contributed by atoms with Gasteiger partial charge in [-0.25, -0.2) is 4.99 Å². The highest BCUT2D eigenvalue weighted by atomic mass is 15.2. The third-order valence-electron chi connectivity index (χ3n) is 11.1. The minimum absolute atomic E-state index is 0.0282. The van der Waals surface area contributed by atoms with Gasteiger partial charge in [0.1, 0.15) is 0 Å². The molecule has 0 bridgehead atoms. The molecular formula is C46H28N4. The molecule has 50 heavy (non-hydrogen) atoms. The van der Waals surface area contributed by atoms with Crippen LogP contribution < -0.4 is 5.32 Å². The molecule has 0 amide bonds. The molecule has 1 N–H and O–H groups in total. The van der Waals surface area contributed by atoms with Crippen molar-refractivity contribution in [1.82, 2.24) is 14.3 Å². The van der Waals surface area contributed by atoms with Crippen molar-refractivity contribution < 1.29 is 0 Å². The molecule has 1 aliphatic heterocycles. The molecule has 3 aromatic heterocycles. The first-order valence-corrected chi connectivity index (χ1v) is 17.3. The summed E-state index contributed by atoms with van der Waals surface area (Å²) < 4.78 is 4.87. The molecule has 1 atom stereocenters. The lowest BCUT2D eigenvalue weighted by Crippen LogP contribution is -2.36. The summed E-state index contributed by atoms with van der Waals surface area (Å²) in [6.07, 6.45) is 0. The fourth-order valence-corrected chi connectivity index (χ4v) is 8.96. The van der Waals surface area contributed by atoms with Crippen molar-refractivity contribution in [3.63, 3.8) is 0 Å². The van der Waals surface area contributed by atoms with E-state index >= 15 is 0 Å². The number of hydrogen-bond donors (Lipinski definition) is 1. The number of rotatable bonds is 1. The molecule has 0 fully saturated rings. The standard InChI is InChI=1S/C46H28N4/c1-2-11-29(12-3-1)44-34-16-4-7-18-37(34)47-46(48-44)50-39-20-9-6-15-31(39)35-25-36-33-24-23-28-22-21-27-13-10-17-32-30-14-5-8-19-38(30)49(40(36)26-41(35)50)45(33)43(28)42(27)32/h1-26,44H,(H,47,48). The maximum atomic E-state index is 5.32. The van der Waals surface area contributed by atoms with E-state index in [1.54, 1.807) is 0 Å². The van der Waals surface area contributed by atoms with E-state index in [4.69, 9.17) is 4.99 Å². The molecule has 0 radical (unpaired) electrons. The summed E-state index contributed by atoms with van der Waals surface area (Å²) in [7, 11) is 0. The molecule has 0 saturated carbocycles. The van der Waals surface area contributed by atoms with Gasteiger partial charge in [-0.1, -0.05) is 127 Å². The number of aromatic nitrogens is 2. The lowest BCUT2D eigenvalue weighted by Gasteiger charge is -2.28. The second-order valence-electron chi connectivity index (χ2n) is 13.6. The van der Waals surface area contributed by atoms with Crippen molar-refractivity contribution in [3.8, 4) is 0 Å². The van der Waals surface area contributed by atoms with E-state index in [2.05, 4.69) is 172 Å². The molecule has 11 aromatic rings. The van der Waals surface area contributed by atoms with Gasteiger partial charge >= 0.3 is 0 Å². The van der Waals surface area contributed by atoms with Crippen LogP contribution in [0, 0.1) is 0 Å². The fourth-order valence-electron chi connectivity index (χ4n) is 8.96. The Morgan fingerprint density at radius 3 is 2.02 bits per heavy atom. The van der Waals surface area contributed by atoms with Gasteiger partial charge in [-0.3, -0.25) is 4.57 Å². The predicted molar refractivity (Wildman–Crippen MR) is 209 cm³/mol. The molecular weight excluding hydrogens is 609 g/mol. The molecule has 1 unspecified atom stereocenters. The lowest BCUT2D eigenvalue weighted by atomic mass is 9.96. The third kappa shape index (κ3) is 3.32. The van der Waals surface area contributed by atoms with Gasteiger partial charge in [-0.05, 0) is 57.4 Å². The van der Waals surface area contributed by atoms with Crippen LogP contribution in [0.2, 0.25) is 0 Å². The molecule has 4 heteroatoms. The summed E-state index contributed by atoms with van der Waals surface area (Å²) in [6.45, 7) is 0. The third-order valence-corrected chi connectivity index (χ3v) is 11.1. The molecule has 4 nitrogen and oxygen atoms in total. The minimum Gasteiger partial charge on any atom is -0.344 e. The first-order valence-electron chi connectivity index (χ1n) is 17.3. The highest BCUT2D eigenvalue weighted by molar-refractivity contribution is 6.33. The van der Waals surface area contributed by atoms with Crippen molar-refractivity contribution in [2.45, 2.75) is 6.04 Å². The van der Waals surface area contributed by atoms with Crippen LogP contribution in [0.25, 0.3) is 81.4 Å². The van der Waals surface area contributed by atoms with Crippen LogP contribution in [0.15, 0.2) is 163 Å². The number of para-hydroxylation sites is 3. The van der Waals surface area contributed by atoms with Crippen LogP contribution in [0.3, 0.4) is 0 Å². The molecule has 12 rings (SSSR count). The van der Waals surface area contributed by atoms with E-state index in [0.717, 1.165) is 22.7 Å². The van der Waals surface area contributed by atoms with Crippen LogP contribution in [-0.2, 0) is 0 Å². The molecule has 0 spiro atoms. The van der Waals surface area contributed by atoms with Crippen LogP contribution in [0.1, 0.15) is 17.2 Å². The molecule has 0 aliphatic carbocycles. The highest BCUT2D eigenvalue weighted by Crippen LogP contribution is 2.45. The van der Waals surface area contributed by atoms with Gasteiger partial charge in [-0.15, -0.1) is 0 Å². The summed E-state index contributed by atoms with van der Waals surface area (Å²) in [6, 6.07) is 57.6. The lowest BCUT2D eigenvalue weighted by molar-refractivity contribution is 0.731. The molecule has 4 heterocycles. The Balaban J connectivity index is 1.26. The van der Waals surface area contributed by atoms with Crippen molar-refractivity contribution >= 4 is 93.1 Å². The van der Waals surface area contributed by atoms with Gasteiger partial charge in [0.05, 0.1) is 39.3 Å². The van der Waals surface area contributed by atoms with Gasteiger partial charge in [0.2, 0.25) is 5.96 Å². The van der Waals surface area contributed by atoms with Gasteiger partial charge in [0, 0.05) is 37.9 Å². The Morgan fingerprint density at radius 2 is 1.14 bits per heavy atom. The maximum Gasteiger partial charge on any atom is 0.209 e. The first kappa shape index (κ1) is 26.3. The number of nitrogens with one attached hydrogen (secondary N) is 1. The monoisotopic (exact) mass is 636 g/mol.